The van der Waals surface area contributed by atoms with Gasteiger partial charge in [-0.2, -0.15) is 4.31 Å². The van der Waals surface area contributed by atoms with Crippen molar-refractivity contribution in [3.05, 3.63) is 29.8 Å². The lowest BCUT2D eigenvalue weighted by molar-refractivity contribution is 0.138. The van der Waals surface area contributed by atoms with Gasteiger partial charge in [0, 0.05) is 13.1 Å². The number of aliphatic hydroxyl groups is 1. The summed E-state index contributed by atoms with van der Waals surface area (Å²) in [5.41, 5.74) is 5.76. The molecule has 108 valence electrons. The van der Waals surface area contributed by atoms with Crippen LogP contribution in [-0.4, -0.2) is 37.0 Å². The van der Waals surface area contributed by atoms with Gasteiger partial charge in [0.2, 0.25) is 10.0 Å². The van der Waals surface area contributed by atoms with Crippen LogP contribution in [0, 0.1) is 0 Å². The smallest absolute Gasteiger partial charge is 0.243 e. The molecule has 0 aliphatic carbocycles. The number of nitrogens with zero attached hydrogens (tertiary/aromatic N) is 1. The molecule has 0 aliphatic heterocycles. The zero-order chi connectivity index (χ0) is 14.8. The Labute approximate surface area is 115 Å². The van der Waals surface area contributed by atoms with Crippen LogP contribution in [0.1, 0.15) is 32.4 Å². The van der Waals surface area contributed by atoms with Gasteiger partial charge in [-0.1, -0.05) is 12.1 Å². The molecule has 0 radical (unpaired) electrons. The summed E-state index contributed by atoms with van der Waals surface area (Å²) in [5.74, 6) is 0. The molecule has 0 spiro atoms. The Morgan fingerprint density at radius 3 is 2.16 bits per heavy atom. The lowest BCUT2D eigenvalue weighted by atomic mass is 10.1. The molecule has 0 bridgehead atoms. The van der Waals surface area contributed by atoms with Crippen molar-refractivity contribution >= 4 is 10.0 Å². The Kier molecular flexibility index (Phi) is 4.73. The van der Waals surface area contributed by atoms with Gasteiger partial charge in [-0.15, -0.1) is 0 Å². The fraction of sp³-hybridized carbons (Fsp3) is 0.538. The Morgan fingerprint density at radius 2 is 1.79 bits per heavy atom. The van der Waals surface area contributed by atoms with Crippen LogP contribution >= 0.6 is 0 Å². The molecule has 0 amide bonds. The van der Waals surface area contributed by atoms with E-state index in [0.29, 0.717) is 0 Å². The molecule has 0 saturated heterocycles. The standard InChI is InChI=1S/C13H22N2O3S/c1-10(14)11-5-7-12(8-6-11)19(17,18)15(4)13(2,3)9-16/h5-8,10,16H,9,14H2,1-4H3. The molecule has 1 rings (SSSR count). The number of benzene rings is 1. The number of likely N-dealkylation sites (N-methyl/N-ethyl adjacent to an activating group) is 1. The zero-order valence-electron chi connectivity index (χ0n) is 11.8. The molecular weight excluding hydrogens is 264 g/mol. The summed E-state index contributed by atoms with van der Waals surface area (Å²) in [4.78, 5) is 0.195. The van der Waals surface area contributed by atoms with E-state index < -0.39 is 15.6 Å². The van der Waals surface area contributed by atoms with E-state index in [-0.39, 0.29) is 17.5 Å². The van der Waals surface area contributed by atoms with Gasteiger partial charge in [0.15, 0.2) is 0 Å². The third-order valence-electron chi connectivity index (χ3n) is 3.30. The molecule has 1 aromatic rings. The van der Waals surface area contributed by atoms with Crippen LogP contribution in [-0.2, 0) is 10.0 Å². The Balaban J connectivity index is 3.14. The maximum atomic E-state index is 12.4. The van der Waals surface area contributed by atoms with Gasteiger partial charge in [0.25, 0.3) is 0 Å². The first-order valence-corrected chi connectivity index (χ1v) is 7.52. The van der Waals surface area contributed by atoms with Crippen molar-refractivity contribution in [2.24, 2.45) is 5.73 Å². The lowest BCUT2D eigenvalue weighted by Gasteiger charge is -2.32. The van der Waals surface area contributed by atoms with E-state index in [1.54, 1.807) is 26.0 Å². The Hall–Kier alpha value is -0.950. The highest BCUT2D eigenvalue weighted by Crippen LogP contribution is 2.23. The van der Waals surface area contributed by atoms with Gasteiger partial charge in [-0.25, -0.2) is 8.42 Å². The van der Waals surface area contributed by atoms with Gasteiger partial charge in [-0.05, 0) is 38.5 Å². The summed E-state index contributed by atoms with van der Waals surface area (Å²) < 4.78 is 26.0. The zero-order valence-corrected chi connectivity index (χ0v) is 12.6. The Morgan fingerprint density at radius 1 is 1.32 bits per heavy atom. The highest BCUT2D eigenvalue weighted by molar-refractivity contribution is 7.89. The van der Waals surface area contributed by atoms with Crippen molar-refractivity contribution in [1.82, 2.24) is 4.31 Å². The van der Waals surface area contributed by atoms with Crippen molar-refractivity contribution < 1.29 is 13.5 Å². The number of nitrogens with two attached hydrogens (primary N) is 1. The maximum absolute atomic E-state index is 12.4. The summed E-state index contributed by atoms with van der Waals surface area (Å²) in [6, 6.07) is 6.35. The Bertz CT molecular complexity index is 521. The minimum Gasteiger partial charge on any atom is -0.394 e. The van der Waals surface area contributed by atoms with E-state index in [1.165, 1.54) is 23.5 Å². The van der Waals surface area contributed by atoms with Crippen molar-refractivity contribution in [3.63, 3.8) is 0 Å². The summed E-state index contributed by atoms with van der Waals surface area (Å²) in [7, 11) is -2.16. The highest BCUT2D eigenvalue weighted by atomic mass is 32.2. The molecule has 0 aromatic heterocycles. The topological polar surface area (TPSA) is 83.6 Å². The number of sulfonamides is 1. The van der Waals surface area contributed by atoms with E-state index in [9.17, 15) is 13.5 Å². The largest absolute Gasteiger partial charge is 0.394 e. The molecule has 5 nitrogen and oxygen atoms in total. The first kappa shape index (κ1) is 16.1. The van der Waals surface area contributed by atoms with Crippen LogP contribution in [0.4, 0.5) is 0 Å². The van der Waals surface area contributed by atoms with Crippen LogP contribution in [0.2, 0.25) is 0 Å². The highest BCUT2D eigenvalue weighted by Gasteiger charge is 2.33. The molecule has 1 atom stereocenters. The van der Waals surface area contributed by atoms with Crippen LogP contribution in [0.25, 0.3) is 0 Å². The predicted molar refractivity (Wildman–Crippen MR) is 75.2 cm³/mol. The van der Waals surface area contributed by atoms with Crippen LogP contribution < -0.4 is 5.73 Å². The lowest BCUT2D eigenvalue weighted by Crippen LogP contribution is -2.47. The van der Waals surface area contributed by atoms with Gasteiger partial charge in [0.1, 0.15) is 0 Å². The average Bonchev–Trinajstić information content (AvgIpc) is 2.37. The van der Waals surface area contributed by atoms with Gasteiger partial charge < -0.3 is 10.8 Å². The fourth-order valence-electron chi connectivity index (χ4n) is 1.53. The summed E-state index contributed by atoms with van der Waals surface area (Å²) in [6.45, 7) is 4.92. The second-order valence-electron chi connectivity index (χ2n) is 5.30. The van der Waals surface area contributed by atoms with Crippen LogP contribution in [0.3, 0.4) is 0 Å². The van der Waals surface area contributed by atoms with Crippen molar-refractivity contribution in [3.8, 4) is 0 Å². The maximum Gasteiger partial charge on any atom is 0.243 e. The van der Waals surface area contributed by atoms with E-state index in [4.69, 9.17) is 5.73 Å². The predicted octanol–water partition coefficient (Wildman–Crippen LogP) is 1.10. The molecule has 0 fully saturated rings. The summed E-state index contributed by atoms with van der Waals surface area (Å²) in [6.07, 6.45) is 0. The minimum atomic E-state index is -3.62. The van der Waals surface area contributed by atoms with E-state index in [2.05, 4.69) is 0 Å². The quantitative estimate of drug-likeness (QED) is 0.849. The molecular formula is C13H22N2O3S. The molecule has 0 saturated carbocycles. The molecule has 6 heteroatoms. The van der Waals surface area contributed by atoms with Crippen LogP contribution in [0.5, 0.6) is 0 Å². The molecule has 1 unspecified atom stereocenters. The monoisotopic (exact) mass is 286 g/mol. The van der Waals surface area contributed by atoms with E-state index in [1.807, 2.05) is 6.92 Å². The average molecular weight is 286 g/mol. The first-order chi connectivity index (χ1) is 8.63. The van der Waals surface area contributed by atoms with Crippen molar-refractivity contribution in [2.45, 2.75) is 37.2 Å². The van der Waals surface area contributed by atoms with E-state index in [0.717, 1.165) is 5.56 Å². The summed E-state index contributed by atoms with van der Waals surface area (Å²) >= 11 is 0. The van der Waals surface area contributed by atoms with E-state index >= 15 is 0 Å². The molecule has 0 aliphatic rings. The van der Waals surface area contributed by atoms with Gasteiger partial charge in [-0.3, -0.25) is 0 Å². The number of hydrogen-bond donors (Lipinski definition) is 2. The fourth-order valence-corrected chi connectivity index (χ4v) is 3.03. The molecule has 0 heterocycles. The molecule has 3 N–H and O–H groups in total. The third-order valence-corrected chi connectivity index (χ3v) is 5.39. The number of hydrogen-bond acceptors (Lipinski definition) is 4. The summed E-state index contributed by atoms with van der Waals surface area (Å²) in [5, 5.41) is 9.27. The second kappa shape index (κ2) is 5.58. The molecule has 1 aromatic carbocycles. The second-order valence-corrected chi connectivity index (χ2v) is 7.27. The molecule has 19 heavy (non-hydrogen) atoms. The van der Waals surface area contributed by atoms with Gasteiger partial charge in [0.05, 0.1) is 17.0 Å². The number of aliphatic hydroxyl groups excluding tert-OH is 1. The van der Waals surface area contributed by atoms with Crippen molar-refractivity contribution in [1.29, 1.82) is 0 Å². The minimum absolute atomic E-state index is 0.136. The number of rotatable bonds is 5. The van der Waals surface area contributed by atoms with Crippen molar-refractivity contribution in [2.75, 3.05) is 13.7 Å². The normalized spacial score (nSPS) is 14.7. The first-order valence-electron chi connectivity index (χ1n) is 6.08. The SMILES string of the molecule is CC(N)c1ccc(S(=O)(=O)N(C)C(C)(C)CO)cc1. The van der Waals surface area contributed by atoms with Crippen LogP contribution in [0.15, 0.2) is 29.2 Å². The third kappa shape index (κ3) is 3.33. The van der Waals surface area contributed by atoms with Gasteiger partial charge >= 0.3 is 0 Å².